The second-order valence-corrected chi connectivity index (χ2v) is 10.5. The van der Waals surface area contributed by atoms with Gasteiger partial charge < -0.3 is 15.4 Å². The first kappa shape index (κ1) is 23.7. The molecule has 1 atom stereocenters. The molecule has 0 aliphatic carbocycles. The van der Waals surface area contributed by atoms with Gasteiger partial charge in [0.15, 0.2) is 9.84 Å². The van der Waals surface area contributed by atoms with Crippen LogP contribution in [0.3, 0.4) is 0 Å². The Kier molecular flexibility index (Phi) is 8.44. The van der Waals surface area contributed by atoms with E-state index in [-0.39, 0.29) is 11.4 Å². The number of nitrogens with one attached hydrogen (secondary N) is 2. The van der Waals surface area contributed by atoms with Crippen LogP contribution in [-0.4, -0.2) is 71.1 Å². The van der Waals surface area contributed by atoms with E-state index < -0.39 is 26.9 Å². The molecule has 2 heterocycles. The number of carbonyl (C=O) groups is 2. The Morgan fingerprint density at radius 2 is 1.77 bits per heavy atom. The summed E-state index contributed by atoms with van der Waals surface area (Å²) < 4.78 is 31.6. The summed E-state index contributed by atoms with van der Waals surface area (Å²) in [7, 11) is -3.81. The third-order valence-electron chi connectivity index (χ3n) is 4.85. The Bertz CT molecular complexity index is 975. The third kappa shape index (κ3) is 6.50. The molecule has 0 radical (unpaired) electrons. The normalized spacial score (nSPS) is 15.9. The molecule has 1 aliphatic heterocycles. The number of sulfone groups is 1. The fraction of sp³-hybridized carbons (Fsp3) is 0.400. The van der Waals surface area contributed by atoms with Crippen LogP contribution in [0.15, 0.2) is 46.7 Å². The topological polar surface area (TPSA) is 105 Å². The summed E-state index contributed by atoms with van der Waals surface area (Å²) in [5.41, 5.74) is 0. The van der Waals surface area contributed by atoms with Gasteiger partial charge in [0.1, 0.15) is 5.25 Å². The lowest BCUT2D eigenvalue weighted by molar-refractivity contribution is -0.139. The fourth-order valence-corrected chi connectivity index (χ4v) is 6.03. The summed E-state index contributed by atoms with van der Waals surface area (Å²) >= 11 is 7.14. The van der Waals surface area contributed by atoms with Gasteiger partial charge in [-0.05, 0) is 35.7 Å². The van der Waals surface area contributed by atoms with E-state index in [1.54, 1.807) is 17.5 Å². The second kappa shape index (κ2) is 11.1. The fourth-order valence-electron chi connectivity index (χ4n) is 3.12. The van der Waals surface area contributed by atoms with Crippen LogP contribution >= 0.6 is 22.9 Å². The van der Waals surface area contributed by atoms with Gasteiger partial charge in [-0.3, -0.25) is 14.5 Å². The van der Waals surface area contributed by atoms with Crippen LogP contribution in [0.4, 0.5) is 0 Å². The molecule has 1 saturated heterocycles. The molecule has 1 aromatic carbocycles. The van der Waals surface area contributed by atoms with E-state index in [0.717, 1.165) is 13.1 Å². The van der Waals surface area contributed by atoms with Crippen molar-refractivity contribution in [1.82, 2.24) is 15.5 Å². The first-order valence-electron chi connectivity index (χ1n) is 9.77. The first-order chi connectivity index (χ1) is 14.9. The summed E-state index contributed by atoms with van der Waals surface area (Å²) in [6.07, 6.45) is 0. The van der Waals surface area contributed by atoms with Crippen molar-refractivity contribution in [2.24, 2.45) is 0 Å². The van der Waals surface area contributed by atoms with E-state index in [4.69, 9.17) is 16.3 Å². The molecule has 1 aliphatic rings. The van der Waals surface area contributed by atoms with E-state index in [0.29, 0.717) is 36.2 Å². The third-order valence-corrected chi connectivity index (χ3v) is 8.33. The van der Waals surface area contributed by atoms with Crippen LogP contribution in [0.2, 0.25) is 5.02 Å². The Morgan fingerprint density at radius 1 is 1.10 bits per heavy atom. The Hall–Kier alpha value is -1.98. The van der Waals surface area contributed by atoms with Crippen molar-refractivity contribution < 1.29 is 22.7 Å². The van der Waals surface area contributed by atoms with Gasteiger partial charge in [-0.2, -0.15) is 0 Å². The van der Waals surface area contributed by atoms with Crippen molar-refractivity contribution >= 4 is 44.6 Å². The number of rotatable bonds is 8. The minimum atomic E-state index is -3.81. The number of carbonyl (C=O) groups excluding carboxylic acids is 2. The largest absolute Gasteiger partial charge is 0.379 e. The van der Waals surface area contributed by atoms with Gasteiger partial charge in [-0.15, -0.1) is 11.3 Å². The summed E-state index contributed by atoms with van der Waals surface area (Å²) in [4.78, 5) is 27.2. The summed E-state index contributed by atoms with van der Waals surface area (Å²) in [5.74, 6) is -1.66. The van der Waals surface area contributed by atoms with Gasteiger partial charge in [-0.25, -0.2) is 8.42 Å². The van der Waals surface area contributed by atoms with E-state index in [9.17, 15) is 18.0 Å². The highest BCUT2D eigenvalue weighted by Crippen LogP contribution is 2.31. The Balaban J connectivity index is 1.59. The van der Waals surface area contributed by atoms with Gasteiger partial charge >= 0.3 is 11.8 Å². The van der Waals surface area contributed by atoms with E-state index in [1.807, 2.05) is 0 Å². The number of hydrogen-bond donors (Lipinski definition) is 2. The lowest BCUT2D eigenvalue weighted by atomic mass is 10.3. The van der Waals surface area contributed by atoms with Crippen molar-refractivity contribution in [2.75, 3.05) is 45.9 Å². The monoisotopic (exact) mass is 485 g/mol. The lowest BCUT2D eigenvalue weighted by Gasteiger charge is -2.26. The average Bonchev–Trinajstić information content (AvgIpc) is 3.29. The maximum Gasteiger partial charge on any atom is 0.309 e. The molecule has 1 aromatic heterocycles. The van der Waals surface area contributed by atoms with Gasteiger partial charge in [0.05, 0.1) is 18.1 Å². The predicted molar refractivity (Wildman–Crippen MR) is 119 cm³/mol. The van der Waals surface area contributed by atoms with Crippen molar-refractivity contribution in [3.05, 3.63) is 51.7 Å². The Morgan fingerprint density at radius 3 is 2.42 bits per heavy atom. The molecule has 168 valence electrons. The number of nitrogens with zero attached hydrogens (tertiary/aromatic N) is 1. The molecule has 1 fully saturated rings. The second-order valence-electron chi connectivity index (χ2n) is 6.92. The van der Waals surface area contributed by atoms with Gasteiger partial charge in [0, 0.05) is 42.6 Å². The molecule has 31 heavy (non-hydrogen) atoms. The number of halogens is 1. The summed E-state index contributed by atoms with van der Waals surface area (Å²) in [5, 5.41) is 6.21. The molecule has 0 unspecified atom stereocenters. The predicted octanol–water partition coefficient (Wildman–Crippen LogP) is 1.48. The molecule has 0 bridgehead atoms. The molecule has 8 nitrogen and oxygen atoms in total. The highest BCUT2D eigenvalue weighted by atomic mass is 35.5. The number of hydrogen-bond acceptors (Lipinski definition) is 7. The summed E-state index contributed by atoms with van der Waals surface area (Å²) in [6, 6.07) is 9.29. The van der Waals surface area contributed by atoms with Crippen molar-refractivity contribution in [3.63, 3.8) is 0 Å². The van der Waals surface area contributed by atoms with Crippen LogP contribution < -0.4 is 10.6 Å². The minimum Gasteiger partial charge on any atom is -0.379 e. The van der Waals surface area contributed by atoms with Crippen LogP contribution in [0.1, 0.15) is 10.1 Å². The molecule has 2 amide bonds. The van der Waals surface area contributed by atoms with Gasteiger partial charge in [0.25, 0.3) is 0 Å². The average molecular weight is 486 g/mol. The van der Waals surface area contributed by atoms with E-state index >= 15 is 0 Å². The van der Waals surface area contributed by atoms with Crippen molar-refractivity contribution in [3.8, 4) is 0 Å². The zero-order valence-corrected chi connectivity index (χ0v) is 19.1. The van der Waals surface area contributed by atoms with Crippen LogP contribution in [-0.2, 0) is 24.2 Å². The standard InChI is InChI=1S/C20H24ClN3O5S2/c21-15-3-5-16(6-4-15)31(27,28)18(17-2-1-13-30-17)14-23-20(26)19(25)22-7-8-24-9-11-29-12-10-24/h1-6,13,18H,7-12,14H2,(H,22,25)(H,23,26)/t18-/m0/s1. The van der Waals surface area contributed by atoms with Gasteiger partial charge in [0.2, 0.25) is 0 Å². The molecule has 2 N–H and O–H groups in total. The minimum absolute atomic E-state index is 0.0968. The maximum absolute atomic E-state index is 13.2. The smallest absolute Gasteiger partial charge is 0.309 e. The number of morpholine rings is 1. The number of thiophene rings is 1. The number of amides is 2. The molecule has 11 heteroatoms. The zero-order valence-electron chi connectivity index (χ0n) is 16.8. The maximum atomic E-state index is 13.2. The molecule has 0 spiro atoms. The quantitative estimate of drug-likeness (QED) is 0.549. The number of benzene rings is 1. The van der Waals surface area contributed by atoms with E-state index in [1.165, 1.54) is 35.6 Å². The highest BCUT2D eigenvalue weighted by molar-refractivity contribution is 7.91. The van der Waals surface area contributed by atoms with Crippen LogP contribution in [0.25, 0.3) is 0 Å². The van der Waals surface area contributed by atoms with E-state index in [2.05, 4.69) is 15.5 Å². The Labute approximate surface area is 190 Å². The number of ether oxygens (including phenoxy) is 1. The molecule has 3 rings (SSSR count). The molecular formula is C20H24ClN3O5S2. The molecule has 2 aromatic rings. The first-order valence-corrected chi connectivity index (χ1v) is 12.6. The zero-order chi connectivity index (χ0) is 22.3. The van der Waals surface area contributed by atoms with Crippen molar-refractivity contribution in [2.45, 2.75) is 10.1 Å². The van der Waals surface area contributed by atoms with Crippen LogP contribution in [0.5, 0.6) is 0 Å². The lowest BCUT2D eigenvalue weighted by Crippen LogP contribution is -2.46. The van der Waals surface area contributed by atoms with Gasteiger partial charge in [-0.1, -0.05) is 17.7 Å². The summed E-state index contributed by atoms with van der Waals surface area (Å²) in [6.45, 7) is 3.59. The van der Waals surface area contributed by atoms with Crippen molar-refractivity contribution in [1.29, 1.82) is 0 Å². The van der Waals surface area contributed by atoms with Crippen LogP contribution in [0, 0.1) is 0 Å². The highest BCUT2D eigenvalue weighted by Gasteiger charge is 2.31. The molecular weight excluding hydrogens is 462 g/mol. The SMILES string of the molecule is O=C(NCCN1CCOCC1)C(=O)NC[C@@H](c1cccs1)S(=O)(=O)c1ccc(Cl)cc1. The molecule has 0 saturated carbocycles.